The van der Waals surface area contributed by atoms with E-state index in [-0.39, 0.29) is 23.2 Å². The number of para-hydroxylation sites is 1. The Morgan fingerprint density at radius 3 is 2.70 bits per heavy atom. The molecule has 2 radical (unpaired) electrons. The lowest BCUT2D eigenvalue weighted by Crippen LogP contribution is -2.61. The third-order valence-electron chi connectivity index (χ3n) is 6.74. The van der Waals surface area contributed by atoms with E-state index in [2.05, 4.69) is 4.98 Å². The number of fused-ring (bicyclic) bond motifs is 3. The molecule has 168 valence electrons. The zero-order chi connectivity index (χ0) is 23.3. The van der Waals surface area contributed by atoms with Crippen LogP contribution in [0.1, 0.15) is 35.7 Å². The highest BCUT2D eigenvalue weighted by atomic mass is 19.1. The molecule has 0 saturated carbocycles. The van der Waals surface area contributed by atoms with Gasteiger partial charge in [-0.1, -0.05) is 18.2 Å². The van der Waals surface area contributed by atoms with Gasteiger partial charge >= 0.3 is 5.97 Å². The van der Waals surface area contributed by atoms with Crippen LogP contribution in [0.15, 0.2) is 42.5 Å². The summed E-state index contributed by atoms with van der Waals surface area (Å²) in [5, 5.41) is 9.84. The molecule has 3 heterocycles. The van der Waals surface area contributed by atoms with Crippen molar-refractivity contribution >= 4 is 30.8 Å². The van der Waals surface area contributed by atoms with Gasteiger partial charge in [0.05, 0.1) is 12.0 Å². The lowest BCUT2D eigenvalue weighted by molar-refractivity contribution is -0.131. The summed E-state index contributed by atoms with van der Waals surface area (Å²) >= 11 is 0. The number of aliphatic carboxylic acids is 1. The highest BCUT2D eigenvalue weighted by Gasteiger charge is 2.50. The Labute approximate surface area is 191 Å². The first-order valence-electron chi connectivity index (χ1n) is 11.0. The SMILES string of the molecule is [B][C@@]1(c2c(F)cc(/C=C/C(=O)O)cc2F)c2[nH]c3ccccc3c2C[C@@H](C)N1[C@H]1CCOC1. The summed E-state index contributed by atoms with van der Waals surface area (Å²) in [7, 11) is 7.09. The minimum Gasteiger partial charge on any atom is -0.478 e. The van der Waals surface area contributed by atoms with Crippen molar-refractivity contribution in [1.29, 1.82) is 0 Å². The van der Waals surface area contributed by atoms with E-state index >= 15 is 8.78 Å². The standard InChI is InChI=1S/C25H23BF2N2O3/c1-14-10-18-17-4-2-3-5-21(17)29-24(18)25(26,30(14)16-8-9-33-13-16)23-19(27)11-15(12-20(23)28)6-7-22(31)32/h2-7,11-12,14,16,29H,8-10,13H2,1H3,(H,31,32)/b7-6+/t14-,16+,25-/m1/s1. The van der Waals surface area contributed by atoms with E-state index in [4.69, 9.17) is 17.7 Å². The first-order valence-corrected chi connectivity index (χ1v) is 11.0. The minimum absolute atomic E-state index is 0.0983. The second-order valence-electron chi connectivity index (χ2n) is 8.80. The van der Waals surface area contributed by atoms with Gasteiger partial charge in [-0.05, 0) is 55.2 Å². The predicted molar refractivity (Wildman–Crippen MR) is 122 cm³/mol. The fourth-order valence-corrected chi connectivity index (χ4v) is 5.47. The van der Waals surface area contributed by atoms with E-state index in [9.17, 15) is 4.79 Å². The summed E-state index contributed by atoms with van der Waals surface area (Å²) in [6.45, 7) is 3.01. The number of benzene rings is 2. The summed E-state index contributed by atoms with van der Waals surface area (Å²) in [4.78, 5) is 16.2. The second-order valence-corrected chi connectivity index (χ2v) is 8.80. The molecular weight excluding hydrogens is 425 g/mol. The van der Waals surface area contributed by atoms with Crippen LogP contribution >= 0.6 is 0 Å². The smallest absolute Gasteiger partial charge is 0.328 e. The number of halogens is 2. The van der Waals surface area contributed by atoms with Gasteiger partial charge in [-0.15, -0.1) is 0 Å². The van der Waals surface area contributed by atoms with Crippen molar-refractivity contribution < 1.29 is 23.4 Å². The van der Waals surface area contributed by atoms with Gasteiger partial charge in [-0.2, -0.15) is 0 Å². The molecule has 33 heavy (non-hydrogen) atoms. The Hall–Kier alpha value is -2.97. The quantitative estimate of drug-likeness (QED) is 0.469. The predicted octanol–water partition coefficient (Wildman–Crippen LogP) is 3.95. The van der Waals surface area contributed by atoms with Gasteiger partial charge in [0.25, 0.3) is 0 Å². The molecule has 2 aliphatic heterocycles. The van der Waals surface area contributed by atoms with Crippen LogP contribution in [0.5, 0.6) is 0 Å². The molecule has 5 rings (SSSR count). The number of H-pyrrole nitrogens is 1. The normalized spacial score (nSPS) is 25.7. The van der Waals surface area contributed by atoms with E-state index in [1.54, 1.807) is 0 Å². The maximum Gasteiger partial charge on any atom is 0.328 e. The van der Waals surface area contributed by atoms with Crippen LogP contribution in [-0.2, 0) is 21.4 Å². The van der Waals surface area contributed by atoms with Crippen molar-refractivity contribution in [1.82, 2.24) is 9.88 Å². The van der Waals surface area contributed by atoms with Gasteiger partial charge < -0.3 is 14.8 Å². The number of carboxylic acid groups (broad SMARTS) is 1. The molecule has 0 bridgehead atoms. The molecule has 2 aliphatic rings. The summed E-state index contributed by atoms with van der Waals surface area (Å²) in [5.41, 5.74) is 0.617. The molecule has 3 aromatic rings. The molecule has 8 heteroatoms. The van der Waals surface area contributed by atoms with E-state index in [0.29, 0.717) is 31.7 Å². The van der Waals surface area contributed by atoms with Crippen molar-refractivity contribution in [2.75, 3.05) is 13.2 Å². The van der Waals surface area contributed by atoms with Crippen molar-refractivity contribution in [3.63, 3.8) is 0 Å². The Balaban J connectivity index is 1.76. The zero-order valence-corrected chi connectivity index (χ0v) is 18.1. The zero-order valence-electron chi connectivity index (χ0n) is 18.1. The number of carbonyl (C=O) groups is 1. The molecule has 0 amide bonds. The second kappa shape index (κ2) is 8.11. The fourth-order valence-electron chi connectivity index (χ4n) is 5.47. The third-order valence-corrected chi connectivity index (χ3v) is 6.74. The molecule has 2 N–H and O–H groups in total. The molecule has 5 nitrogen and oxygen atoms in total. The molecule has 1 fully saturated rings. The summed E-state index contributed by atoms with van der Waals surface area (Å²) in [6.07, 6.45) is 3.38. The van der Waals surface area contributed by atoms with Crippen LogP contribution < -0.4 is 0 Å². The average molecular weight is 448 g/mol. The highest BCUT2D eigenvalue weighted by molar-refractivity contribution is 6.18. The molecule has 1 aromatic heterocycles. The van der Waals surface area contributed by atoms with Crippen LogP contribution in [0.2, 0.25) is 0 Å². The molecule has 2 aromatic carbocycles. The molecule has 0 spiro atoms. The highest BCUT2D eigenvalue weighted by Crippen LogP contribution is 2.47. The van der Waals surface area contributed by atoms with E-state index in [1.807, 2.05) is 36.1 Å². The van der Waals surface area contributed by atoms with E-state index in [1.165, 1.54) is 0 Å². The fraction of sp³-hybridized carbons (Fsp3) is 0.320. The molecule has 0 unspecified atom stereocenters. The van der Waals surface area contributed by atoms with Crippen molar-refractivity contribution in [3.05, 3.63) is 76.5 Å². The van der Waals surface area contributed by atoms with Gasteiger partial charge in [-0.3, -0.25) is 4.90 Å². The van der Waals surface area contributed by atoms with Gasteiger partial charge in [0.1, 0.15) is 19.5 Å². The lowest BCUT2D eigenvalue weighted by atomic mass is 9.63. The Bertz CT molecular complexity index is 1240. The summed E-state index contributed by atoms with van der Waals surface area (Å²) in [5.74, 6) is -2.86. The number of aromatic nitrogens is 1. The Morgan fingerprint density at radius 1 is 1.30 bits per heavy atom. The summed E-state index contributed by atoms with van der Waals surface area (Å²) < 4.78 is 36.9. The summed E-state index contributed by atoms with van der Waals surface area (Å²) in [6, 6.07) is 9.79. The number of ether oxygens (including phenoxy) is 1. The van der Waals surface area contributed by atoms with Crippen LogP contribution in [0.3, 0.4) is 0 Å². The number of hydrogen-bond donors (Lipinski definition) is 2. The van der Waals surface area contributed by atoms with E-state index < -0.39 is 23.0 Å². The molecule has 3 atom stereocenters. The number of nitrogens with zero attached hydrogens (tertiary/aromatic N) is 1. The van der Waals surface area contributed by atoms with Crippen LogP contribution in [-0.4, -0.2) is 54.1 Å². The maximum atomic E-state index is 15.6. The van der Waals surface area contributed by atoms with Crippen molar-refractivity contribution in [3.8, 4) is 0 Å². The van der Waals surface area contributed by atoms with Crippen molar-refractivity contribution in [2.24, 2.45) is 0 Å². The van der Waals surface area contributed by atoms with Crippen LogP contribution in [0.4, 0.5) is 8.78 Å². The molecular formula is C25H23BF2N2O3. The molecule has 0 aliphatic carbocycles. The largest absolute Gasteiger partial charge is 0.478 e. The topological polar surface area (TPSA) is 65.6 Å². The number of hydrogen-bond acceptors (Lipinski definition) is 3. The number of nitrogens with one attached hydrogen (secondary N) is 1. The van der Waals surface area contributed by atoms with Gasteiger partial charge in [0.2, 0.25) is 0 Å². The van der Waals surface area contributed by atoms with Crippen LogP contribution in [0, 0.1) is 11.6 Å². The van der Waals surface area contributed by atoms with Crippen molar-refractivity contribution in [2.45, 2.75) is 37.3 Å². The lowest BCUT2D eigenvalue weighted by Gasteiger charge is -2.52. The Morgan fingerprint density at radius 2 is 2.03 bits per heavy atom. The van der Waals surface area contributed by atoms with Crippen LogP contribution in [0.25, 0.3) is 17.0 Å². The number of carboxylic acids is 1. The third kappa shape index (κ3) is 3.48. The van der Waals surface area contributed by atoms with Gasteiger partial charge in [-0.25, -0.2) is 13.6 Å². The van der Waals surface area contributed by atoms with E-state index in [0.717, 1.165) is 40.8 Å². The maximum absolute atomic E-state index is 15.6. The Kier molecular flexibility index (Phi) is 5.37. The number of aromatic amines is 1. The molecule has 1 saturated heterocycles. The first kappa shape index (κ1) is 21.9. The minimum atomic E-state index is -1.60. The first-order chi connectivity index (χ1) is 15.8. The number of rotatable bonds is 4. The van der Waals surface area contributed by atoms with Gasteiger partial charge in [0, 0.05) is 46.9 Å². The monoisotopic (exact) mass is 448 g/mol. The average Bonchev–Trinajstić information content (AvgIpc) is 3.40. The van der Waals surface area contributed by atoms with Gasteiger partial charge in [0.15, 0.2) is 0 Å².